The molecule has 0 aliphatic carbocycles. The minimum Gasteiger partial charge on any atom is -0.308 e. The van der Waals surface area contributed by atoms with E-state index in [2.05, 4.69) is 10.3 Å². The van der Waals surface area contributed by atoms with E-state index in [4.69, 9.17) is 5.14 Å². The summed E-state index contributed by atoms with van der Waals surface area (Å²) in [4.78, 5) is 17.6. The van der Waals surface area contributed by atoms with Crippen molar-refractivity contribution < 1.29 is 30.6 Å². The van der Waals surface area contributed by atoms with Gasteiger partial charge in [-0.05, 0) is 61.6 Å². The second-order valence-corrected chi connectivity index (χ2v) is 12.0. The Morgan fingerprint density at radius 2 is 1.86 bits per heavy atom. The fraction of sp³-hybridized carbons (Fsp3) is 0.391. The lowest BCUT2D eigenvalue weighted by Gasteiger charge is -2.34. The molecule has 2 aromatic rings. The number of benzene rings is 2. The van der Waals surface area contributed by atoms with Crippen LogP contribution in [0, 0.1) is 6.92 Å². The third-order valence-corrected chi connectivity index (χ3v) is 9.15. The van der Waals surface area contributed by atoms with Crippen molar-refractivity contribution in [3.8, 4) is 0 Å². The SMILES string of the molecule is Cc1cc(S(N)=O)ccc1CCS(=O)(=O)N1CCC2(CC1)N=C(c1cccc(C(F)(F)F)c1)NC2=O. The number of rotatable bonds is 6. The van der Waals surface area contributed by atoms with Crippen molar-refractivity contribution in [2.75, 3.05) is 18.8 Å². The zero-order valence-electron chi connectivity index (χ0n) is 19.3. The molecule has 36 heavy (non-hydrogen) atoms. The number of aliphatic imine (C=N–C) groups is 1. The van der Waals surface area contributed by atoms with Crippen LogP contribution in [0.3, 0.4) is 0 Å². The molecular weight excluding hydrogens is 517 g/mol. The molecule has 8 nitrogen and oxygen atoms in total. The molecule has 2 aliphatic rings. The van der Waals surface area contributed by atoms with E-state index in [1.54, 1.807) is 25.1 Å². The first-order valence-electron chi connectivity index (χ1n) is 11.1. The zero-order valence-corrected chi connectivity index (χ0v) is 21.0. The number of amides is 1. The minimum absolute atomic E-state index is 0.0553. The summed E-state index contributed by atoms with van der Waals surface area (Å²) in [6.07, 6.45) is -4.03. The molecule has 194 valence electrons. The summed E-state index contributed by atoms with van der Waals surface area (Å²) in [6, 6.07) is 9.54. The number of carbonyl (C=O) groups is 1. The van der Waals surface area contributed by atoms with Crippen molar-refractivity contribution in [1.29, 1.82) is 0 Å². The average molecular weight is 543 g/mol. The maximum atomic E-state index is 13.1. The van der Waals surface area contributed by atoms with Crippen molar-refractivity contribution in [2.45, 2.75) is 42.8 Å². The molecule has 2 heterocycles. The number of hydrogen-bond donors (Lipinski definition) is 2. The predicted molar refractivity (Wildman–Crippen MR) is 129 cm³/mol. The van der Waals surface area contributed by atoms with Gasteiger partial charge in [0, 0.05) is 18.7 Å². The van der Waals surface area contributed by atoms with Crippen LogP contribution in [-0.4, -0.2) is 53.1 Å². The molecule has 1 fully saturated rings. The van der Waals surface area contributed by atoms with Crippen LogP contribution in [0.1, 0.15) is 35.1 Å². The van der Waals surface area contributed by atoms with Crippen LogP contribution in [0.4, 0.5) is 13.2 Å². The van der Waals surface area contributed by atoms with E-state index in [0.29, 0.717) is 4.90 Å². The smallest absolute Gasteiger partial charge is 0.308 e. The van der Waals surface area contributed by atoms with E-state index < -0.39 is 44.2 Å². The lowest BCUT2D eigenvalue weighted by Crippen LogP contribution is -2.50. The van der Waals surface area contributed by atoms with Gasteiger partial charge in [-0.25, -0.2) is 22.1 Å². The maximum absolute atomic E-state index is 13.1. The molecule has 0 bridgehead atoms. The van der Waals surface area contributed by atoms with Gasteiger partial charge in [0.05, 0.1) is 16.2 Å². The summed E-state index contributed by atoms with van der Waals surface area (Å²) < 4.78 is 77.9. The van der Waals surface area contributed by atoms with Crippen LogP contribution in [0.2, 0.25) is 0 Å². The third-order valence-electron chi connectivity index (χ3n) is 6.56. The van der Waals surface area contributed by atoms with Crippen LogP contribution in [0.15, 0.2) is 52.4 Å². The Bertz CT molecular complexity index is 1350. The van der Waals surface area contributed by atoms with Gasteiger partial charge in [0.25, 0.3) is 5.91 Å². The quantitative estimate of drug-likeness (QED) is 0.582. The van der Waals surface area contributed by atoms with E-state index in [1.807, 2.05) is 0 Å². The summed E-state index contributed by atoms with van der Waals surface area (Å²) in [6.45, 7) is 1.93. The molecule has 1 unspecified atom stereocenters. The number of carbonyl (C=O) groups excluding carboxylic acids is 1. The van der Waals surface area contributed by atoms with Crippen molar-refractivity contribution >= 4 is 32.8 Å². The summed E-state index contributed by atoms with van der Waals surface area (Å²) in [5.74, 6) is -0.531. The van der Waals surface area contributed by atoms with E-state index in [-0.39, 0.29) is 49.5 Å². The van der Waals surface area contributed by atoms with Crippen molar-refractivity contribution in [1.82, 2.24) is 9.62 Å². The number of aryl methyl sites for hydroxylation is 2. The van der Waals surface area contributed by atoms with Crippen LogP contribution in [0.25, 0.3) is 0 Å². The minimum atomic E-state index is -4.53. The standard InChI is InChI=1S/C23H25F3N4O4S2/c1-15-13-19(35(27)32)6-5-16(15)7-12-36(33,34)30-10-8-22(9-11-30)21(31)28-20(29-22)17-3-2-4-18(14-17)23(24,25)26/h2-6,13-14H,7-12,27H2,1H3,(H,28,29,31). The van der Waals surface area contributed by atoms with Gasteiger partial charge in [0.15, 0.2) is 0 Å². The van der Waals surface area contributed by atoms with E-state index in [0.717, 1.165) is 23.3 Å². The number of halogens is 3. The number of hydrogen-bond acceptors (Lipinski definition) is 5. The van der Waals surface area contributed by atoms with Crippen LogP contribution in [-0.2, 0) is 38.4 Å². The maximum Gasteiger partial charge on any atom is 0.416 e. The van der Waals surface area contributed by atoms with Crippen molar-refractivity contribution in [3.05, 3.63) is 64.7 Å². The lowest BCUT2D eigenvalue weighted by molar-refractivity contribution is -0.137. The molecule has 1 spiro atoms. The topological polar surface area (TPSA) is 122 Å². The summed E-state index contributed by atoms with van der Waals surface area (Å²) in [5.41, 5.74) is -0.324. The highest BCUT2D eigenvalue weighted by Crippen LogP contribution is 2.34. The second-order valence-electron chi connectivity index (χ2n) is 8.88. The Balaban J connectivity index is 1.43. The molecule has 0 aromatic heterocycles. The first kappa shape index (κ1) is 26.5. The molecule has 2 aliphatic heterocycles. The zero-order chi connectivity index (χ0) is 26.3. The first-order chi connectivity index (χ1) is 16.8. The Kier molecular flexibility index (Phi) is 7.12. The van der Waals surface area contributed by atoms with Crippen LogP contribution < -0.4 is 10.5 Å². The highest BCUT2D eigenvalue weighted by Gasteiger charge is 2.47. The van der Waals surface area contributed by atoms with Gasteiger partial charge in [0.1, 0.15) is 22.4 Å². The fourth-order valence-corrected chi connectivity index (χ4v) is 6.38. The molecule has 4 rings (SSSR count). The molecular formula is C23H25F3N4O4S2. The van der Waals surface area contributed by atoms with Gasteiger partial charge >= 0.3 is 6.18 Å². The van der Waals surface area contributed by atoms with Crippen molar-refractivity contribution in [3.63, 3.8) is 0 Å². The van der Waals surface area contributed by atoms with Crippen molar-refractivity contribution in [2.24, 2.45) is 10.1 Å². The number of amidine groups is 1. The number of nitrogens with one attached hydrogen (secondary N) is 1. The average Bonchev–Trinajstić information content (AvgIpc) is 3.13. The molecule has 3 N–H and O–H groups in total. The largest absolute Gasteiger partial charge is 0.416 e. The molecule has 0 radical (unpaired) electrons. The van der Waals surface area contributed by atoms with E-state index >= 15 is 0 Å². The monoisotopic (exact) mass is 542 g/mol. The first-order valence-corrected chi connectivity index (χ1v) is 14.0. The Labute approximate surface area is 209 Å². The summed E-state index contributed by atoms with van der Waals surface area (Å²) in [7, 11) is -5.25. The number of sulfonamides is 1. The lowest BCUT2D eigenvalue weighted by atomic mass is 9.89. The predicted octanol–water partition coefficient (Wildman–Crippen LogP) is 2.28. The highest BCUT2D eigenvalue weighted by molar-refractivity contribution is 7.89. The molecule has 13 heteroatoms. The van der Waals surface area contributed by atoms with Gasteiger partial charge in [0.2, 0.25) is 10.0 Å². The summed E-state index contributed by atoms with van der Waals surface area (Å²) in [5, 5.41) is 7.96. The fourth-order valence-electron chi connectivity index (χ4n) is 4.41. The van der Waals surface area contributed by atoms with E-state index in [1.165, 1.54) is 16.4 Å². The second kappa shape index (κ2) is 9.69. The summed E-state index contributed by atoms with van der Waals surface area (Å²) >= 11 is 0. The van der Waals surface area contributed by atoms with Gasteiger partial charge in [-0.15, -0.1) is 0 Å². The third kappa shape index (κ3) is 5.38. The molecule has 1 atom stereocenters. The van der Waals surface area contributed by atoms with Crippen LogP contribution >= 0.6 is 0 Å². The molecule has 1 saturated heterocycles. The van der Waals surface area contributed by atoms with Gasteiger partial charge in [-0.2, -0.15) is 13.2 Å². The molecule has 1 amide bonds. The molecule has 0 saturated carbocycles. The Morgan fingerprint density at radius 1 is 1.17 bits per heavy atom. The number of nitrogens with zero attached hydrogens (tertiary/aromatic N) is 2. The Hall–Kier alpha value is -2.61. The number of nitrogens with two attached hydrogens (primary N) is 1. The highest BCUT2D eigenvalue weighted by atomic mass is 32.2. The van der Waals surface area contributed by atoms with Gasteiger partial charge in [-0.1, -0.05) is 18.2 Å². The van der Waals surface area contributed by atoms with E-state index in [9.17, 15) is 30.6 Å². The normalized spacial score (nSPS) is 19.2. The number of piperidine rings is 1. The van der Waals surface area contributed by atoms with Gasteiger partial charge in [-0.3, -0.25) is 9.79 Å². The molecule has 2 aromatic carbocycles. The number of alkyl halides is 3. The van der Waals surface area contributed by atoms with Crippen LogP contribution in [0.5, 0.6) is 0 Å². The van der Waals surface area contributed by atoms with Gasteiger partial charge < -0.3 is 5.32 Å². The Morgan fingerprint density at radius 3 is 2.47 bits per heavy atom.